The number of carbonyl (C=O) groups is 1. The third kappa shape index (κ3) is 2.80. The molecule has 0 radical (unpaired) electrons. The van der Waals surface area contributed by atoms with Gasteiger partial charge in [-0.2, -0.15) is 0 Å². The van der Waals surface area contributed by atoms with Gasteiger partial charge in [0.05, 0.1) is 11.6 Å². The average Bonchev–Trinajstić information content (AvgIpc) is 3.23. The zero-order valence-electron chi connectivity index (χ0n) is 12.1. The number of rotatable bonds is 5. The second-order valence-electron chi connectivity index (χ2n) is 5.13. The molecule has 1 aromatic carbocycles. The lowest BCUT2D eigenvalue weighted by Gasteiger charge is -2.13. The summed E-state index contributed by atoms with van der Waals surface area (Å²) in [7, 11) is 1.48. The van der Waals surface area contributed by atoms with E-state index in [9.17, 15) is 9.35 Å². The summed E-state index contributed by atoms with van der Waals surface area (Å²) in [4.78, 5) is 13.1. The second-order valence-corrected chi connectivity index (χ2v) is 7.27. The summed E-state index contributed by atoms with van der Waals surface area (Å²) in [5.41, 5.74) is 0.678. The number of aromatic nitrogens is 1. The molecule has 3 rings (SSSR count). The van der Waals surface area contributed by atoms with E-state index in [-0.39, 0.29) is 11.5 Å². The van der Waals surface area contributed by atoms with Crippen molar-refractivity contribution in [3.05, 3.63) is 39.7 Å². The Labute approximate surface area is 139 Å². The van der Waals surface area contributed by atoms with E-state index in [1.54, 1.807) is 24.5 Å². The minimum Gasteiger partial charge on any atom is -0.612 e. The second kappa shape index (κ2) is 6.06. The highest BCUT2D eigenvalue weighted by atomic mass is 79.9. The molecule has 1 aliphatic carbocycles. The molecule has 5 nitrogen and oxygen atoms in total. The normalized spacial score (nSPS) is 15.6. The molecule has 1 saturated carbocycles. The SMILES string of the molecule is COc1c([S+](C)[O-])ccc(C(=O)c2cc(C3CC3)on2)c1Br. The van der Waals surface area contributed by atoms with Gasteiger partial charge in [0.25, 0.3) is 0 Å². The monoisotopic (exact) mass is 383 g/mol. The highest BCUT2D eigenvalue weighted by Crippen LogP contribution is 2.41. The van der Waals surface area contributed by atoms with Crippen molar-refractivity contribution in [1.82, 2.24) is 5.16 Å². The van der Waals surface area contributed by atoms with Crippen LogP contribution in [0, 0.1) is 0 Å². The van der Waals surface area contributed by atoms with Crippen molar-refractivity contribution < 1.29 is 18.6 Å². The molecular formula is C15H14BrNO4S. The molecule has 1 atom stereocenters. The van der Waals surface area contributed by atoms with Gasteiger partial charge in [-0.3, -0.25) is 4.79 Å². The lowest BCUT2D eigenvalue weighted by molar-refractivity contribution is 0.102. The summed E-state index contributed by atoms with van der Waals surface area (Å²) < 4.78 is 22.7. The molecule has 116 valence electrons. The van der Waals surface area contributed by atoms with Crippen LogP contribution < -0.4 is 4.74 Å². The van der Waals surface area contributed by atoms with Crippen LogP contribution in [0.3, 0.4) is 0 Å². The van der Waals surface area contributed by atoms with Gasteiger partial charge >= 0.3 is 0 Å². The summed E-state index contributed by atoms with van der Waals surface area (Å²) in [6.45, 7) is 0. The summed E-state index contributed by atoms with van der Waals surface area (Å²) in [6, 6.07) is 4.96. The van der Waals surface area contributed by atoms with Crippen molar-refractivity contribution >= 4 is 32.9 Å². The van der Waals surface area contributed by atoms with Gasteiger partial charge in [0.1, 0.15) is 12.0 Å². The molecule has 0 saturated heterocycles. The number of benzene rings is 1. The number of ketones is 1. The maximum absolute atomic E-state index is 12.6. The molecule has 0 aliphatic heterocycles. The first kappa shape index (κ1) is 15.6. The van der Waals surface area contributed by atoms with Gasteiger partial charge in [0.2, 0.25) is 5.78 Å². The Balaban J connectivity index is 1.97. The molecule has 1 aromatic heterocycles. The van der Waals surface area contributed by atoms with Gasteiger partial charge in [-0.05, 0) is 52.1 Å². The summed E-state index contributed by atoms with van der Waals surface area (Å²) >= 11 is 2.16. The van der Waals surface area contributed by atoms with Crippen LogP contribution in [-0.4, -0.2) is 28.9 Å². The molecule has 1 unspecified atom stereocenters. The topological polar surface area (TPSA) is 75.4 Å². The van der Waals surface area contributed by atoms with Gasteiger partial charge in [0, 0.05) is 17.5 Å². The van der Waals surface area contributed by atoms with E-state index < -0.39 is 11.2 Å². The van der Waals surface area contributed by atoms with Crippen LogP contribution in [0.5, 0.6) is 5.75 Å². The first-order valence-corrected chi connectivity index (χ1v) is 9.09. The third-order valence-corrected chi connectivity index (χ3v) is 5.29. The number of halogens is 1. The molecule has 1 heterocycles. The van der Waals surface area contributed by atoms with Crippen LogP contribution in [-0.2, 0) is 11.2 Å². The highest BCUT2D eigenvalue weighted by Gasteiger charge is 2.30. The van der Waals surface area contributed by atoms with Crippen LogP contribution in [0.15, 0.2) is 32.1 Å². The van der Waals surface area contributed by atoms with E-state index in [0.717, 1.165) is 18.6 Å². The van der Waals surface area contributed by atoms with E-state index in [4.69, 9.17) is 9.26 Å². The Morgan fingerprint density at radius 2 is 2.23 bits per heavy atom. The Bertz CT molecular complexity index is 724. The molecule has 22 heavy (non-hydrogen) atoms. The Hall–Kier alpha value is -1.31. The van der Waals surface area contributed by atoms with Gasteiger partial charge in [-0.25, -0.2) is 0 Å². The summed E-state index contributed by atoms with van der Waals surface area (Å²) in [5.74, 6) is 1.31. The maximum Gasteiger partial charge on any atom is 0.216 e. The summed E-state index contributed by atoms with van der Waals surface area (Å²) in [6.07, 6.45) is 3.72. The van der Waals surface area contributed by atoms with Crippen molar-refractivity contribution in [3.63, 3.8) is 0 Å². The van der Waals surface area contributed by atoms with Crippen LogP contribution in [0.25, 0.3) is 0 Å². The predicted molar refractivity (Wildman–Crippen MR) is 84.9 cm³/mol. The van der Waals surface area contributed by atoms with Crippen molar-refractivity contribution in [3.8, 4) is 5.75 Å². The quantitative estimate of drug-likeness (QED) is 0.584. The molecule has 0 bridgehead atoms. The van der Waals surface area contributed by atoms with Crippen molar-refractivity contribution in [2.45, 2.75) is 23.7 Å². The predicted octanol–water partition coefficient (Wildman–Crippen LogP) is 3.29. The molecule has 1 aliphatic rings. The number of methoxy groups -OCH3 is 1. The lowest BCUT2D eigenvalue weighted by atomic mass is 10.1. The minimum atomic E-state index is -1.21. The Kier molecular flexibility index (Phi) is 4.29. The van der Waals surface area contributed by atoms with Gasteiger partial charge < -0.3 is 13.8 Å². The van der Waals surface area contributed by atoms with Crippen LogP contribution in [0.4, 0.5) is 0 Å². The molecular weight excluding hydrogens is 370 g/mol. The molecule has 1 fully saturated rings. The van der Waals surface area contributed by atoms with Crippen LogP contribution >= 0.6 is 15.9 Å². The largest absolute Gasteiger partial charge is 0.612 e. The molecule has 7 heteroatoms. The van der Waals surface area contributed by atoms with E-state index >= 15 is 0 Å². The van der Waals surface area contributed by atoms with Gasteiger partial charge in [0.15, 0.2) is 16.3 Å². The fourth-order valence-electron chi connectivity index (χ4n) is 2.22. The van der Waals surface area contributed by atoms with E-state index in [0.29, 0.717) is 26.6 Å². The number of ether oxygens (including phenoxy) is 1. The standard InChI is InChI=1S/C15H14BrNO4S/c1-20-15-12(22(2)19)6-5-9(13(15)16)14(18)10-7-11(21-17-10)8-3-4-8/h5-8H,3-4H2,1-2H3. The summed E-state index contributed by atoms with van der Waals surface area (Å²) in [5, 5.41) is 3.86. The number of hydrogen-bond donors (Lipinski definition) is 0. The fraction of sp³-hybridized carbons (Fsp3) is 0.333. The third-order valence-electron chi connectivity index (χ3n) is 3.56. The van der Waals surface area contributed by atoms with E-state index in [1.165, 1.54) is 7.11 Å². The first-order chi connectivity index (χ1) is 10.5. The van der Waals surface area contributed by atoms with Crippen LogP contribution in [0.1, 0.15) is 40.6 Å². The van der Waals surface area contributed by atoms with Gasteiger partial charge in [-0.15, -0.1) is 0 Å². The smallest absolute Gasteiger partial charge is 0.216 e. The van der Waals surface area contributed by atoms with E-state index in [1.807, 2.05) is 0 Å². The van der Waals surface area contributed by atoms with Crippen molar-refractivity contribution in [1.29, 1.82) is 0 Å². The Morgan fingerprint density at radius 3 is 2.82 bits per heavy atom. The molecule has 2 aromatic rings. The zero-order valence-corrected chi connectivity index (χ0v) is 14.5. The first-order valence-electron chi connectivity index (χ1n) is 6.74. The Morgan fingerprint density at radius 1 is 1.50 bits per heavy atom. The average molecular weight is 384 g/mol. The van der Waals surface area contributed by atoms with E-state index in [2.05, 4.69) is 21.1 Å². The number of carbonyl (C=O) groups excluding carboxylic acids is 1. The zero-order chi connectivity index (χ0) is 15.9. The van der Waals surface area contributed by atoms with Crippen molar-refractivity contribution in [2.75, 3.05) is 13.4 Å². The van der Waals surface area contributed by atoms with Gasteiger partial charge in [-0.1, -0.05) is 5.16 Å². The highest BCUT2D eigenvalue weighted by molar-refractivity contribution is 9.10. The number of hydrogen-bond acceptors (Lipinski definition) is 5. The van der Waals surface area contributed by atoms with Crippen LogP contribution in [0.2, 0.25) is 0 Å². The molecule has 0 spiro atoms. The fourth-order valence-corrected chi connectivity index (χ4v) is 3.75. The molecule has 0 amide bonds. The molecule has 0 N–H and O–H groups in total. The number of nitrogens with zero attached hydrogens (tertiary/aromatic N) is 1. The minimum absolute atomic E-state index is 0.255. The lowest BCUT2D eigenvalue weighted by Crippen LogP contribution is -2.07. The maximum atomic E-state index is 12.6. The van der Waals surface area contributed by atoms with Crippen molar-refractivity contribution in [2.24, 2.45) is 0 Å².